The van der Waals surface area contributed by atoms with E-state index in [1.165, 1.54) is 5.52 Å². The Bertz CT molecular complexity index is 992. The molecular weight excluding hydrogens is 372 g/mol. The number of carbonyl (C=O) groups is 1. The maximum absolute atomic E-state index is 12.6. The lowest BCUT2D eigenvalue weighted by atomic mass is 9.94. The summed E-state index contributed by atoms with van der Waals surface area (Å²) in [4.78, 5) is 14.7. The predicted molar refractivity (Wildman–Crippen MR) is 122 cm³/mol. The molecule has 0 bridgehead atoms. The van der Waals surface area contributed by atoms with Crippen LogP contribution in [-0.4, -0.2) is 40.4 Å². The summed E-state index contributed by atoms with van der Waals surface area (Å²) in [5, 5.41) is 16.2. The number of rotatable bonds is 7. The van der Waals surface area contributed by atoms with Crippen molar-refractivity contribution < 1.29 is 4.79 Å². The number of benzene rings is 1. The third kappa shape index (κ3) is 4.61. The van der Waals surface area contributed by atoms with Gasteiger partial charge in [-0.2, -0.15) is 0 Å². The van der Waals surface area contributed by atoms with Crippen molar-refractivity contribution in [1.29, 1.82) is 10.8 Å². The third-order valence-corrected chi connectivity index (χ3v) is 6.45. The number of piperidine rings is 1. The van der Waals surface area contributed by atoms with E-state index in [0.717, 1.165) is 62.5 Å². The van der Waals surface area contributed by atoms with Crippen LogP contribution in [0.15, 0.2) is 54.8 Å². The Labute approximate surface area is 178 Å². The molecule has 1 saturated heterocycles. The molecule has 2 aliphatic rings. The van der Waals surface area contributed by atoms with Gasteiger partial charge in [-0.25, -0.2) is 0 Å². The fourth-order valence-electron chi connectivity index (χ4n) is 4.57. The molecule has 1 aliphatic carbocycles. The van der Waals surface area contributed by atoms with E-state index in [1.54, 1.807) is 0 Å². The average Bonchev–Trinajstić information content (AvgIpc) is 3.20. The summed E-state index contributed by atoms with van der Waals surface area (Å²) < 4.78 is 2.29. The summed E-state index contributed by atoms with van der Waals surface area (Å²) in [6.07, 6.45) is 16.5. The highest BCUT2D eigenvalue weighted by molar-refractivity contribution is 6.36. The molecule has 1 fully saturated rings. The van der Waals surface area contributed by atoms with Crippen LogP contribution in [0.1, 0.15) is 37.7 Å². The molecule has 5 nitrogen and oxygen atoms in total. The number of allylic oxidation sites excluding steroid dienone is 4. The molecule has 0 spiro atoms. The minimum absolute atomic E-state index is 0.234. The van der Waals surface area contributed by atoms with Crippen LogP contribution >= 0.6 is 0 Å². The molecule has 1 aromatic carbocycles. The molecule has 30 heavy (non-hydrogen) atoms. The first kappa shape index (κ1) is 20.3. The highest BCUT2D eigenvalue weighted by Gasteiger charge is 2.23. The van der Waals surface area contributed by atoms with Gasteiger partial charge in [0.15, 0.2) is 0 Å². The summed E-state index contributed by atoms with van der Waals surface area (Å²) in [6, 6.07) is 8.04. The van der Waals surface area contributed by atoms with E-state index < -0.39 is 0 Å². The predicted octanol–water partition coefficient (Wildman–Crippen LogP) is 4.81. The summed E-state index contributed by atoms with van der Waals surface area (Å²) in [7, 11) is 0. The largest absolute Gasteiger partial charge is 0.347 e. The van der Waals surface area contributed by atoms with E-state index in [2.05, 4.69) is 52.1 Å². The van der Waals surface area contributed by atoms with E-state index in [4.69, 9.17) is 10.8 Å². The van der Waals surface area contributed by atoms with Gasteiger partial charge in [-0.05, 0) is 55.7 Å². The quantitative estimate of drug-likeness (QED) is 0.641. The van der Waals surface area contributed by atoms with Crippen molar-refractivity contribution in [2.75, 3.05) is 13.1 Å². The Kier molecular flexibility index (Phi) is 6.26. The van der Waals surface area contributed by atoms with E-state index >= 15 is 0 Å². The molecule has 0 saturated carbocycles. The first-order valence-electron chi connectivity index (χ1n) is 10.9. The van der Waals surface area contributed by atoms with Gasteiger partial charge in [-0.1, -0.05) is 30.4 Å². The lowest BCUT2D eigenvalue weighted by Crippen LogP contribution is -2.39. The normalized spacial score (nSPS) is 19.3. The number of hydrogen-bond acceptors (Lipinski definition) is 3. The van der Waals surface area contributed by atoms with Crippen LogP contribution in [0.3, 0.4) is 0 Å². The van der Waals surface area contributed by atoms with Gasteiger partial charge in [0.1, 0.15) is 0 Å². The maximum atomic E-state index is 12.6. The molecule has 5 heteroatoms. The molecule has 2 heterocycles. The molecule has 1 aliphatic heterocycles. The van der Waals surface area contributed by atoms with Gasteiger partial charge >= 0.3 is 0 Å². The van der Waals surface area contributed by atoms with Gasteiger partial charge < -0.3 is 14.9 Å². The van der Waals surface area contributed by atoms with Crippen molar-refractivity contribution in [3.8, 4) is 0 Å². The molecule has 156 valence electrons. The number of carbonyl (C=O) groups excluding carboxylic acids is 1. The lowest BCUT2D eigenvalue weighted by molar-refractivity contribution is -0.132. The van der Waals surface area contributed by atoms with Crippen molar-refractivity contribution >= 4 is 28.7 Å². The van der Waals surface area contributed by atoms with Crippen LogP contribution in [0, 0.1) is 22.7 Å². The van der Waals surface area contributed by atoms with Crippen molar-refractivity contribution in [3.05, 3.63) is 60.3 Å². The molecule has 4 rings (SSSR count). The number of fused-ring (bicyclic) bond motifs is 1. The number of hydrogen-bond donors (Lipinski definition) is 2. The van der Waals surface area contributed by atoms with Gasteiger partial charge in [0.25, 0.3) is 0 Å². The number of amides is 1. The average molecular weight is 403 g/mol. The molecular formula is C25H30N4O. The van der Waals surface area contributed by atoms with Crippen molar-refractivity contribution in [3.63, 3.8) is 0 Å². The first-order chi connectivity index (χ1) is 14.6. The summed E-state index contributed by atoms with van der Waals surface area (Å²) in [6.45, 7) is 2.69. The molecule has 1 amide bonds. The van der Waals surface area contributed by atoms with Crippen LogP contribution in [0.2, 0.25) is 0 Å². The van der Waals surface area contributed by atoms with Gasteiger partial charge in [-0.3, -0.25) is 10.2 Å². The molecule has 1 unspecified atom stereocenters. The summed E-state index contributed by atoms with van der Waals surface area (Å²) in [5.41, 5.74) is 2.18. The van der Waals surface area contributed by atoms with E-state index in [1.807, 2.05) is 12.1 Å². The minimum Gasteiger partial charge on any atom is -0.347 e. The van der Waals surface area contributed by atoms with Gasteiger partial charge in [0.05, 0.1) is 5.71 Å². The lowest BCUT2D eigenvalue weighted by Gasteiger charge is -2.32. The van der Waals surface area contributed by atoms with Gasteiger partial charge in [0, 0.05) is 54.9 Å². The van der Waals surface area contributed by atoms with Crippen LogP contribution in [-0.2, 0) is 11.3 Å². The van der Waals surface area contributed by atoms with Gasteiger partial charge in [-0.15, -0.1) is 0 Å². The van der Waals surface area contributed by atoms with Crippen molar-refractivity contribution in [2.45, 2.75) is 38.6 Å². The number of nitrogens with zero attached hydrogens (tertiary/aromatic N) is 2. The summed E-state index contributed by atoms with van der Waals surface area (Å²) >= 11 is 0. The smallest absolute Gasteiger partial charge is 0.222 e. The molecule has 2 aromatic rings. The molecule has 1 atom stereocenters. The molecule has 2 N–H and O–H groups in total. The second-order valence-corrected chi connectivity index (χ2v) is 8.47. The van der Waals surface area contributed by atoms with Crippen LogP contribution < -0.4 is 0 Å². The van der Waals surface area contributed by atoms with E-state index in [9.17, 15) is 4.79 Å². The highest BCUT2D eigenvalue weighted by atomic mass is 16.2. The Morgan fingerprint density at radius 3 is 2.73 bits per heavy atom. The number of likely N-dealkylation sites (tertiary alicyclic amines) is 1. The second-order valence-electron chi connectivity index (χ2n) is 8.47. The minimum atomic E-state index is 0.234. The second kappa shape index (κ2) is 9.24. The van der Waals surface area contributed by atoms with Crippen LogP contribution in [0.4, 0.5) is 0 Å². The standard InChI is InChI=1S/C25H30N4O/c26-17-23(27)21-7-8-24-22(16-21)12-15-29(24)18-20-10-13-28(14-11-20)25(30)9-6-19-4-2-1-3-5-19/h1-4,7-8,12,15-17,19-20,26-27H,5-6,9-11,13-14,18H2. The van der Waals surface area contributed by atoms with Gasteiger partial charge in [0.2, 0.25) is 5.91 Å². The number of nitrogens with one attached hydrogen (secondary N) is 2. The Hall–Kier alpha value is -2.95. The third-order valence-electron chi connectivity index (χ3n) is 6.45. The van der Waals surface area contributed by atoms with Crippen molar-refractivity contribution in [1.82, 2.24) is 9.47 Å². The molecule has 0 radical (unpaired) electrons. The Morgan fingerprint density at radius 2 is 2.00 bits per heavy atom. The fourth-order valence-corrected chi connectivity index (χ4v) is 4.57. The monoisotopic (exact) mass is 402 g/mol. The topological polar surface area (TPSA) is 72.9 Å². The van der Waals surface area contributed by atoms with Crippen LogP contribution in [0.25, 0.3) is 10.9 Å². The zero-order valence-corrected chi connectivity index (χ0v) is 17.4. The number of aromatic nitrogens is 1. The Morgan fingerprint density at radius 1 is 1.17 bits per heavy atom. The zero-order chi connectivity index (χ0) is 20.9. The SMILES string of the molecule is N=CC(=N)c1ccc2c(ccn2CC2CCN(C(=O)CCC3C=CC=CC3)CC2)c1. The highest BCUT2D eigenvalue weighted by Crippen LogP contribution is 2.25. The first-order valence-corrected chi connectivity index (χ1v) is 10.9. The molecule has 1 aromatic heterocycles. The van der Waals surface area contributed by atoms with Crippen LogP contribution in [0.5, 0.6) is 0 Å². The maximum Gasteiger partial charge on any atom is 0.222 e. The zero-order valence-electron chi connectivity index (χ0n) is 17.4. The fraction of sp³-hybridized carbons (Fsp3) is 0.400. The van der Waals surface area contributed by atoms with Crippen molar-refractivity contribution in [2.24, 2.45) is 11.8 Å². The summed E-state index contributed by atoms with van der Waals surface area (Å²) in [5.74, 6) is 1.40. The van der Waals surface area contributed by atoms with E-state index in [-0.39, 0.29) is 5.71 Å². The Balaban J connectivity index is 1.29. The van der Waals surface area contributed by atoms with E-state index in [0.29, 0.717) is 24.2 Å².